The molecule has 0 fully saturated rings. The summed E-state index contributed by atoms with van der Waals surface area (Å²) in [6, 6.07) is 0. The van der Waals surface area contributed by atoms with Gasteiger partial charge in [-0.3, -0.25) is 0 Å². The molecule has 0 N–H and O–H groups in total. The van der Waals surface area contributed by atoms with E-state index in [-0.39, 0.29) is 0 Å². The Labute approximate surface area is 91.9 Å². The minimum absolute atomic E-state index is 0.297. The Bertz CT molecular complexity index is 376. The first-order valence-corrected chi connectivity index (χ1v) is 5.51. The van der Waals surface area contributed by atoms with E-state index in [1.807, 2.05) is 0 Å². The van der Waals surface area contributed by atoms with Gasteiger partial charge < -0.3 is 4.74 Å². The highest BCUT2D eigenvalue weighted by atomic mass is 32.1. The summed E-state index contributed by atoms with van der Waals surface area (Å²) in [4.78, 5) is 15.9. The lowest BCUT2D eigenvalue weighted by Crippen LogP contribution is -2.06. The summed E-state index contributed by atoms with van der Waals surface area (Å²) in [6.07, 6.45) is 0. The number of ether oxygens (including phenoxy) is 1. The van der Waals surface area contributed by atoms with Crippen molar-refractivity contribution in [2.45, 2.75) is 6.92 Å². The van der Waals surface area contributed by atoms with Crippen LogP contribution in [0, 0.1) is 11.8 Å². The van der Waals surface area contributed by atoms with E-state index in [0.717, 1.165) is 0 Å². The molecule has 1 aromatic rings. The Balaban J connectivity index is 2.87. The summed E-state index contributed by atoms with van der Waals surface area (Å²) < 4.78 is 4.83. The van der Waals surface area contributed by atoms with E-state index in [0.29, 0.717) is 22.9 Å². The minimum atomic E-state index is -0.419. The molecule has 0 bridgehead atoms. The molecule has 0 aliphatic carbocycles. The molecule has 0 radical (unpaired) electrons. The van der Waals surface area contributed by atoms with Crippen LogP contribution in [-0.2, 0) is 4.74 Å². The molecule has 0 saturated heterocycles. The number of esters is 1. The Morgan fingerprint density at radius 2 is 2.57 bits per heavy atom. The number of hydrogen-bond acceptors (Lipinski definition) is 5. The van der Waals surface area contributed by atoms with E-state index in [9.17, 15) is 4.79 Å². The number of thiazole rings is 1. The van der Waals surface area contributed by atoms with Gasteiger partial charge in [-0.15, -0.1) is 11.3 Å². The van der Waals surface area contributed by atoms with Crippen molar-refractivity contribution in [1.82, 2.24) is 4.98 Å². The van der Waals surface area contributed by atoms with Gasteiger partial charge in [0, 0.05) is 0 Å². The van der Waals surface area contributed by atoms with Crippen molar-refractivity contribution < 1.29 is 9.53 Å². The highest BCUT2D eigenvalue weighted by Gasteiger charge is 2.13. The van der Waals surface area contributed by atoms with E-state index < -0.39 is 5.97 Å². The Morgan fingerprint density at radius 1 is 1.79 bits per heavy atom. The maximum absolute atomic E-state index is 11.3. The first kappa shape index (κ1) is 11.1. The second-order valence-corrected chi connectivity index (χ2v) is 3.38. The van der Waals surface area contributed by atoms with Crippen molar-refractivity contribution in [2.75, 3.05) is 12.4 Å². The lowest BCUT2D eigenvalue weighted by molar-refractivity contribution is 0.0520. The summed E-state index contributed by atoms with van der Waals surface area (Å²) in [5.74, 6) is 5.62. The van der Waals surface area contributed by atoms with Crippen LogP contribution in [0.15, 0.2) is 5.51 Å². The molecule has 5 heteroatoms. The highest BCUT2D eigenvalue weighted by Crippen LogP contribution is 2.12. The normalized spacial score (nSPS) is 9.00. The smallest absolute Gasteiger partial charge is 0.359 e. The van der Waals surface area contributed by atoms with Gasteiger partial charge in [-0.05, 0) is 6.92 Å². The van der Waals surface area contributed by atoms with E-state index in [4.69, 9.17) is 4.74 Å². The zero-order valence-corrected chi connectivity index (χ0v) is 9.32. The molecule has 0 atom stereocenters. The van der Waals surface area contributed by atoms with Crippen LogP contribution in [0.3, 0.4) is 0 Å². The van der Waals surface area contributed by atoms with Crippen molar-refractivity contribution >= 4 is 29.9 Å². The molecule has 0 aromatic carbocycles. The molecule has 0 spiro atoms. The molecule has 0 aliphatic heterocycles. The highest BCUT2D eigenvalue weighted by molar-refractivity contribution is 7.80. The second kappa shape index (κ2) is 5.68. The predicted molar refractivity (Wildman–Crippen MR) is 58.8 cm³/mol. The quantitative estimate of drug-likeness (QED) is 0.474. The number of aromatic nitrogens is 1. The van der Waals surface area contributed by atoms with Crippen molar-refractivity contribution in [3.63, 3.8) is 0 Å². The van der Waals surface area contributed by atoms with Crippen LogP contribution in [0.2, 0.25) is 0 Å². The van der Waals surface area contributed by atoms with Gasteiger partial charge in [0.2, 0.25) is 0 Å². The van der Waals surface area contributed by atoms with Gasteiger partial charge in [-0.2, -0.15) is 12.6 Å². The molecule has 1 rings (SSSR count). The van der Waals surface area contributed by atoms with Crippen molar-refractivity contribution in [1.29, 1.82) is 0 Å². The molecule has 3 nitrogen and oxygen atoms in total. The van der Waals surface area contributed by atoms with Crippen LogP contribution in [0.4, 0.5) is 0 Å². The van der Waals surface area contributed by atoms with Gasteiger partial charge in [-0.25, -0.2) is 9.78 Å². The number of nitrogens with zero attached hydrogens (tertiary/aromatic N) is 1. The third kappa shape index (κ3) is 2.76. The van der Waals surface area contributed by atoms with Gasteiger partial charge in [0.1, 0.15) is 4.88 Å². The molecule has 0 unspecified atom stereocenters. The fourth-order valence-corrected chi connectivity index (χ4v) is 1.52. The summed E-state index contributed by atoms with van der Waals surface area (Å²) >= 11 is 5.28. The van der Waals surface area contributed by atoms with Crippen LogP contribution in [0.1, 0.15) is 22.3 Å². The third-order valence-electron chi connectivity index (χ3n) is 1.32. The number of carbonyl (C=O) groups is 1. The molecular weight excluding hydrogens is 218 g/mol. The van der Waals surface area contributed by atoms with Crippen molar-refractivity contribution in [2.24, 2.45) is 0 Å². The zero-order chi connectivity index (χ0) is 10.4. The summed E-state index contributed by atoms with van der Waals surface area (Å²) in [6.45, 7) is 2.10. The maximum Gasteiger partial charge on any atom is 0.359 e. The molecule has 0 amide bonds. The molecule has 1 heterocycles. The third-order valence-corrected chi connectivity index (χ3v) is 2.22. The lowest BCUT2D eigenvalue weighted by atomic mass is 10.3. The van der Waals surface area contributed by atoms with E-state index >= 15 is 0 Å². The summed E-state index contributed by atoms with van der Waals surface area (Å²) in [5.41, 5.74) is 1.88. The van der Waals surface area contributed by atoms with Crippen molar-refractivity contribution in [3.8, 4) is 11.8 Å². The molecular formula is C9H9NO2S2. The largest absolute Gasteiger partial charge is 0.461 e. The average molecular weight is 227 g/mol. The van der Waals surface area contributed by atoms with Gasteiger partial charge in [-0.1, -0.05) is 11.8 Å². The minimum Gasteiger partial charge on any atom is -0.461 e. The number of rotatable bonds is 2. The van der Waals surface area contributed by atoms with Gasteiger partial charge in [0.25, 0.3) is 0 Å². The van der Waals surface area contributed by atoms with Gasteiger partial charge >= 0.3 is 5.97 Å². The average Bonchev–Trinajstić information content (AvgIpc) is 2.63. The molecule has 14 heavy (non-hydrogen) atoms. The Morgan fingerprint density at radius 3 is 3.21 bits per heavy atom. The summed E-state index contributed by atoms with van der Waals surface area (Å²) in [5, 5.41) is 0. The first-order chi connectivity index (χ1) is 6.79. The second-order valence-electron chi connectivity index (χ2n) is 2.21. The number of hydrogen-bond donors (Lipinski definition) is 1. The zero-order valence-electron chi connectivity index (χ0n) is 7.61. The standard InChI is InChI=1S/C9H9NO2S2/c1-2-12-9(11)8-7(4-3-5-13)14-6-10-8/h6,13H,2,5H2,1H3. The van der Waals surface area contributed by atoms with Crippen LogP contribution in [0.5, 0.6) is 0 Å². The van der Waals surface area contributed by atoms with E-state index in [1.54, 1.807) is 12.4 Å². The van der Waals surface area contributed by atoms with Gasteiger partial charge in [0.05, 0.1) is 17.9 Å². The predicted octanol–water partition coefficient (Wildman–Crippen LogP) is 1.60. The molecule has 1 aromatic heterocycles. The Kier molecular flexibility index (Phi) is 4.50. The lowest BCUT2D eigenvalue weighted by Gasteiger charge is -1.97. The SMILES string of the molecule is CCOC(=O)c1ncsc1C#CCS. The van der Waals surface area contributed by atoms with Crippen LogP contribution in [-0.4, -0.2) is 23.3 Å². The number of thiol groups is 1. The molecule has 74 valence electrons. The molecule has 0 saturated carbocycles. The Hall–Kier alpha value is -0.990. The van der Waals surface area contributed by atoms with Crippen LogP contribution >= 0.6 is 24.0 Å². The topological polar surface area (TPSA) is 39.2 Å². The first-order valence-electron chi connectivity index (χ1n) is 4.00. The fourth-order valence-electron chi connectivity index (χ4n) is 0.800. The maximum atomic E-state index is 11.3. The monoisotopic (exact) mass is 227 g/mol. The fraction of sp³-hybridized carbons (Fsp3) is 0.333. The van der Waals surface area contributed by atoms with E-state index in [1.165, 1.54) is 11.3 Å². The number of carbonyl (C=O) groups excluding carboxylic acids is 1. The van der Waals surface area contributed by atoms with Crippen LogP contribution in [0.25, 0.3) is 0 Å². The van der Waals surface area contributed by atoms with Gasteiger partial charge in [0.15, 0.2) is 5.69 Å². The van der Waals surface area contributed by atoms with Crippen molar-refractivity contribution in [3.05, 3.63) is 16.1 Å². The van der Waals surface area contributed by atoms with E-state index in [2.05, 4.69) is 29.5 Å². The van der Waals surface area contributed by atoms with Crippen LogP contribution < -0.4 is 0 Å². The summed E-state index contributed by atoms with van der Waals surface area (Å²) in [7, 11) is 0. The molecule has 0 aliphatic rings.